The summed E-state index contributed by atoms with van der Waals surface area (Å²) in [6.07, 6.45) is 0.133. The molecule has 0 saturated heterocycles. The van der Waals surface area contributed by atoms with E-state index in [1.54, 1.807) is 0 Å². The molecule has 0 aromatic rings. The van der Waals surface area contributed by atoms with Crippen LogP contribution >= 0.6 is 11.8 Å². The maximum absolute atomic E-state index is 10.9. The molecule has 0 fully saturated rings. The Balaban J connectivity index is 3.66. The van der Waals surface area contributed by atoms with Gasteiger partial charge >= 0.3 is 5.97 Å². The largest absolute Gasteiger partial charge is 0.481 e. The van der Waals surface area contributed by atoms with E-state index in [0.717, 1.165) is 0 Å². The van der Waals surface area contributed by atoms with Crippen molar-refractivity contribution < 1.29 is 14.7 Å². The molecule has 64 valence electrons. The van der Waals surface area contributed by atoms with Gasteiger partial charge in [-0.25, -0.2) is 0 Å². The van der Waals surface area contributed by atoms with Gasteiger partial charge in [0.2, 0.25) is 0 Å². The molecule has 0 spiro atoms. The summed E-state index contributed by atoms with van der Waals surface area (Å²) in [4.78, 5) is 21.1. The van der Waals surface area contributed by atoms with Crippen molar-refractivity contribution in [2.75, 3.05) is 5.75 Å². The summed E-state index contributed by atoms with van der Waals surface area (Å²) >= 11 is 1.17. The molecule has 3 nitrogen and oxygen atoms in total. The summed E-state index contributed by atoms with van der Waals surface area (Å²) in [6, 6.07) is 0. The number of carboxylic acid groups (broad SMARTS) is 1. The standard InChI is InChI=1S/C7H12O3S/c1-3-11-6(8)4-5(2)7(9)10/h5H,3-4H2,1-2H3,(H,9,10). The average molecular weight is 176 g/mol. The van der Waals surface area contributed by atoms with Crippen LogP contribution in [0.15, 0.2) is 0 Å². The predicted molar refractivity (Wildman–Crippen MR) is 44.6 cm³/mol. The van der Waals surface area contributed by atoms with Gasteiger partial charge < -0.3 is 5.11 Å². The SMILES string of the molecule is CCSC(=O)CC(C)C(=O)O. The van der Waals surface area contributed by atoms with Gasteiger partial charge in [0, 0.05) is 6.42 Å². The van der Waals surface area contributed by atoms with Crippen molar-refractivity contribution in [3.05, 3.63) is 0 Å². The second-order valence-electron chi connectivity index (χ2n) is 2.25. The van der Waals surface area contributed by atoms with Crippen LogP contribution in [0.25, 0.3) is 0 Å². The first-order valence-corrected chi connectivity index (χ1v) is 4.45. The molecule has 0 heterocycles. The highest BCUT2D eigenvalue weighted by molar-refractivity contribution is 8.13. The van der Waals surface area contributed by atoms with E-state index in [0.29, 0.717) is 5.75 Å². The first kappa shape index (κ1) is 10.5. The van der Waals surface area contributed by atoms with Crippen LogP contribution in [0.3, 0.4) is 0 Å². The molecule has 0 amide bonds. The summed E-state index contributed by atoms with van der Waals surface area (Å²) in [5, 5.41) is 8.40. The second-order valence-corrected chi connectivity index (χ2v) is 3.57. The molecule has 0 rings (SSSR count). The maximum atomic E-state index is 10.9. The Morgan fingerprint density at radius 3 is 2.45 bits per heavy atom. The van der Waals surface area contributed by atoms with E-state index in [2.05, 4.69) is 0 Å². The van der Waals surface area contributed by atoms with E-state index in [-0.39, 0.29) is 11.5 Å². The fourth-order valence-corrected chi connectivity index (χ4v) is 1.25. The molecule has 1 N–H and O–H groups in total. The number of hydrogen-bond acceptors (Lipinski definition) is 3. The molecular formula is C7H12O3S. The smallest absolute Gasteiger partial charge is 0.306 e. The lowest BCUT2D eigenvalue weighted by Crippen LogP contribution is -2.12. The Hall–Kier alpha value is -0.510. The molecule has 0 aliphatic rings. The number of carbonyl (C=O) groups is 2. The van der Waals surface area contributed by atoms with E-state index >= 15 is 0 Å². The fraction of sp³-hybridized carbons (Fsp3) is 0.714. The lowest BCUT2D eigenvalue weighted by atomic mass is 10.1. The van der Waals surface area contributed by atoms with Gasteiger partial charge in [-0.2, -0.15) is 0 Å². The van der Waals surface area contributed by atoms with Crippen molar-refractivity contribution in [2.24, 2.45) is 5.92 Å². The van der Waals surface area contributed by atoms with Gasteiger partial charge in [0.15, 0.2) is 5.12 Å². The van der Waals surface area contributed by atoms with E-state index in [9.17, 15) is 9.59 Å². The molecule has 1 atom stereocenters. The molecule has 11 heavy (non-hydrogen) atoms. The Bertz CT molecular complexity index is 156. The van der Waals surface area contributed by atoms with Gasteiger partial charge in [0.1, 0.15) is 0 Å². The highest BCUT2D eigenvalue weighted by Crippen LogP contribution is 2.10. The third-order valence-electron chi connectivity index (χ3n) is 1.20. The highest BCUT2D eigenvalue weighted by atomic mass is 32.2. The fourth-order valence-electron chi connectivity index (χ4n) is 0.557. The minimum atomic E-state index is -0.907. The van der Waals surface area contributed by atoms with Crippen LogP contribution in [0.2, 0.25) is 0 Å². The summed E-state index contributed by atoms with van der Waals surface area (Å²) < 4.78 is 0. The molecular weight excluding hydrogens is 164 g/mol. The monoisotopic (exact) mass is 176 g/mol. The second kappa shape index (κ2) is 5.18. The maximum Gasteiger partial charge on any atom is 0.306 e. The van der Waals surface area contributed by atoms with Gasteiger partial charge in [-0.05, 0) is 5.75 Å². The number of thioether (sulfide) groups is 1. The minimum absolute atomic E-state index is 0.0394. The highest BCUT2D eigenvalue weighted by Gasteiger charge is 2.14. The van der Waals surface area contributed by atoms with Crippen LogP contribution in [0.5, 0.6) is 0 Å². The van der Waals surface area contributed by atoms with Gasteiger partial charge in [0.25, 0.3) is 0 Å². The number of carbonyl (C=O) groups excluding carboxylic acids is 1. The topological polar surface area (TPSA) is 54.4 Å². The van der Waals surface area contributed by atoms with Crippen molar-refractivity contribution in [1.29, 1.82) is 0 Å². The van der Waals surface area contributed by atoms with Crippen LogP contribution in [0.4, 0.5) is 0 Å². The molecule has 0 radical (unpaired) electrons. The predicted octanol–water partition coefficient (Wildman–Crippen LogP) is 1.38. The number of aliphatic carboxylic acids is 1. The van der Waals surface area contributed by atoms with Crippen LogP contribution in [0, 0.1) is 5.92 Å². The molecule has 0 aromatic heterocycles. The van der Waals surface area contributed by atoms with Gasteiger partial charge in [-0.3, -0.25) is 9.59 Å². The van der Waals surface area contributed by atoms with E-state index in [1.807, 2.05) is 6.92 Å². The molecule has 0 aliphatic carbocycles. The van der Waals surface area contributed by atoms with Crippen molar-refractivity contribution >= 4 is 22.8 Å². The number of carboxylic acids is 1. The lowest BCUT2D eigenvalue weighted by Gasteiger charge is -2.02. The quantitative estimate of drug-likeness (QED) is 0.703. The summed E-state index contributed by atoms with van der Waals surface area (Å²) in [7, 11) is 0. The Morgan fingerprint density at radius 2 is 2.09 bits per heavy atom. The molecule has 0 bridgehead atoms. The molecule has 1 unspecified atom stereocenters. The third kappa shape index (κ3) is 4.84. The molecule has 0 aliphatic heterocycles. The zero-order valence-corrected chi connectivity index (χ0v) is 7.48. The average Bonchev–Trinajstić information content (AvgIpc) is 1.87. The molecule has 4 heteroatoms. The third-order valence-corrected chi connectivity index (χ3v) is 1.98. The van der Waals surface area contributed by atoms with E-state index in [4.69, 9.17) is 5.11 Å². The van der Waals surface area contributed by atoms with Crippen molar-refractivity contribution in [2.45, 2.75) is 20.3 Å². The van der Waals surface area contributed by atoms with E-state index in [1.165, 1.54) is 18.7 Å². The van der Waals surface area contributed by atoms with Crippen LogP contribution in [-0.4, -0.2) is 21.9 Å². The molecule has 0 saturated carbocycles. The zero-order valence-electron chi connectivity index (χ0n) is 6.66. The number of rotatable bonds is 4. The van der Waals surface area contributed by atoms with Crippen molar-refractivity contribution in [3.63, 3.8) is 0 Å². The van der Waals surface area contributed by atoms with Crippen LogP contribution < -0.4 is 0 Å². The molecule has 0 aromatic carbocycles. The Labute approximate surface area is 70.2 Å². The van der Waals surface area contributed by atoms with Crippen molar-refractivity contribution in [3.8, 4) is 0 Å². The lowest BCUT2D eigenvalue weighted by molar-refractivity contribution is -0.142. The van der Waals surface area contributed by atoms with Crippen LogP contribution in [0.1, 0.15) is 20.3 Å². The first-order valence-electron chi connectivity index (χ1n) is 3.46. The number of hydrogen-bond donors (Lipinski definition) is 1. The Kier molecular flexibility index (Phi) is 4.94. The summed E-state index contributed by atoms with van der Waals surface area (Å²) in [5.74, 6) is -0.748. The normalized spacial score (nSPS) is 12.5. The van der Waals surface area contributed by atoms with Gasteiger partial charge in [-0.1, -0.05) is 25.6 Å². The van der Waals surface area contributed by atoms with Crippen LogP contribution in [-0.2, 0) is 9.59 Å². The van der Waals surface area contributed by atoms with E-state index < -0.39 is 11.9 Å². The van der Waals surface area contributed by atoms with Gasteiger partial charge in [-0.15, -0.1) is 0 Å². The zero-order chi connectivity index (χ0) is 8.85. The summed E-state index contributed by atoms with van der Waals surface area (Å²) in [5.41, 5.74) is 0. The Morgan fingerprint density at radius 1 is 1.55 bits per heavy atom. The first-order chi connectivity index (χ1) is 5.07. The summed E-state index contributed by atoms with van der Waals surface area (Å²) in [6.45, 7) is 3.41. The van der Waals surface area contributed by atoms with Crippen molar-refractivity contribution in [1.82, 2.24) is 0 Å². The van der Waals surface area contributed by atoms with Gasteiger partial charge in [0.05, 0.1) is 5.92 Å². The minimum Gasteiger partial charge on any atom is -0.481 e.